The summed E-state index contributed by atoms with van der Waals surface area (Å²) in [6, 6.07) is 10.3. The summed E-state index contributed by atoms with van der Waals surface area (Å²) in [6.45, 7) is 2.22. The van der Waals surface area contributed by atoms with E-state index in [0.29, 0.717) is 5.92 Å². The van der Waals surface area contributed by atoms with E-state index in [-0.39, 0.29) is 0 Å². The molecule has 1 N–H and O–H groups in total. The first kappa shape index (κ1) is 12.8. The van der Waals surface area contributed by atoms with Gasteiger partial charge in [-0.3, -0.25) is 0 Å². The minimum absolute atomic E-state index is 0.397. The maximum Gasteiger partial charge on any atom is 0.125 e. The molecule has 0 aliphatic heterocycles. The van der Waals surface area contributed by atoms with E-state index in [1.165, 1.54) is 6.42 Å². The zero-order valence-corrected chi connectivity index (χ0v) is 11.1. The molecule has 0 heterocycles. The summed E-state index contributed by atoms with van der Waals surface area (Å²) < 4.78 is 5.13. The molecule has 0 aromatic heterocycles. The van der Waals surface area contributed by atoms with Gasteiger partial charge in [-0.2, -0.15) is 5.26 Å². The Bertz CT molecular complexity index is 435. The molecule has 2 rings (SSSR count). The van der Waals surface area contributed by atoms with Crippen LogP contribution in [0.25, 0.3) is 0 Å². The molecule has 1 aliphatic rings. The number of hydrogen-bond acceptors (Lipinski definition) is 3. The van der Waals surface area contributed by atoms with Gasteiger partial charge in [-0.1, -0.05) is 13.3 Å². The number of nitrogens with one attached hydrogen (secondary N) is 1. The molecule has 1 fully saturated rings. The molecule has 1 aromatic rings. The molecule has 1 saturated carbocycles. The van der Waals surface area contributed by atoms with E-state index < -0.39 is 5.54 Å². The fraction of sp³-hybridized carbons (Fsp3) is 0.533. The Balaban J connectivity index is 2.12. The SMILES string of the molecule is COc1ccc(NC2(C#N)CCCC(C)C2)cc1. The molecule has 0 bridgehead atoms. The Kier molecular flexibility index (Phi) is 3.76. The Morgan fingerprint density at radius 1 is 1.39 bits per heavy atom. The summed E-state index contributed by atoms with van der Waals surface area (Å²) in [5.74, 6) is 1.45. The van der Waals surface area contributed by atoms with Crippen LogP contribution in [-0.4, -0.2) is 12.6 Å². The molecular weight excluding hydrogens is 224 g/mol. The van der Waals surface area contributed by atoms with E-state index in [0.717, 1.165) is 30.7 Å². The van der Waals surface area contributed by atoms with Crippen molar-refractivity contribution in [2.75, 3.05) is 12.4 Å². The number of hydrogen-bond donors (Lipinski definition) is 1. The number of nitrogens with zero attached hydrogens (tertiary/aromatic N) is 1. The van der Waals surface area contributed by atoms with Crippen molar-refractivity contribution in [3.05, 3.63) is 24.3 Å². The van der Waals surface area contributed by atoms with E-state index in [9.17, 15) is 5.26 Å². The molecule has 0 radical (unpaired) electrons. The quantitative estimate of drug-likeness (QED) is 0.884. The van der Waals surface area contributed by atoms with Gasteiger partial charge in [-0.15, -0.1) is 0 Å². The maximum absolute atomic E-state index is 9.48. The van der Waals surface area contributed by atoms with Crippen molar-refractivity contribution in [1.82, 2.24) is 0 Å². The monoisotopic (exact) mass is 244 g/mol. The fourth-order valence-corrected chi connectivity index (χ4v) is 2.74. The maximum atomic E-state index is 9.48. The van der Waals surface area contributed by atoms with E-state index in [1.807, 2.05) is 24.3 Å². The number of anilines is 1. The highest BCUT2D eigenvalue weighted by Crippen LogP contribution is 2.34. The number of nitriles is 1. The molecule has 0 saturated heterocycles. The number of ether oxygens (including phenoxy) is 1. The van der Waals surface area contributed by atoms with Gasteiger partial charge in [0.2, 0.25) is 0 Å². The van der Waals surface area contributed by atoms with Gasteiger partial charge in [0.15, 0.2) is 0 Å². The van der Waals surface area contributed by atoms with E-state index in [2.05, 4.69) is 18.3 Å². The highest BCUT2D eigenvalue weighted by atomic mass is 16.5. The molecule has 1 aliphatic carbocycles. The van der Waals surface area contributed by atoms with Gasteiger partial charge in [0.05, 0.1) is 13.2 Å². The van der Waals surface area contributed by atoms with Gasteiger partial charge < -0.3 is 10.1 Å². The number of methoxy groups -OCH3 is 1. The van der Waals surface area contributed by atoms with Crippen LogP contribution in [0.3, 0.4) is 0 Å². The molecule has 96 valence electrons. The van der Waals surface area contributed by atoms with Crippen molar-refractivity contribution in [3.63, 3.8) is 0 Å². The Morgan fingerprint density at radius 3 is 2.67 bits per heavy atom. The summed E-state index contributed by atoms with van der Waals surface area (Å²) in [5, 5.41) is 12.9. The van der Waals surface area contributed by atoms with Crippen molar-refractivity contribution in [2.24, 2.45) is 5.92 Å². The van der Waals surface area contributed by atoms with Crippen LogP contribution in [0.4, 0.5) is 5.69 Å². The zero-order valence-electron chi connectivity index (χ0n) is 11.1. The minimum Gasteiger partial charge on any atom is -0.497 e. The Hall–Kier alpha value is -1.69. The van der Waals surface area contributed by atoms with Crippen LogP contribution < -0.4 is 10.1 Å². The van der Waals surface area contributed by atoms with Gasteiger partial charge in [-0.05, 0) is 49.4 Å². The Labute approximate surface area is 109 Å². The summed E-state index contributed by atoms with van der Waals surface area (Å²) in [5.41, 5.74) is 0.596. The van der Waals surface area contributed by atoms with Crippen LogP contribution in [0.1, 0.15) is 32.6 Å². The van der Waals surface area contributed by atoms with Crippen LogP contribution in [0, 0.1) is 17.2 Å². The first-order valence-corrected chi connectivity index (χ1v) is 6.51. The van der Waals surface area contributed by atoms with Gasteiger partial charge in [-0.25, -0.2) is 0 Å². The second-order valence-electron chi connectivity index (χ2n) is 5.25. The molecular formula is C15H20N2O. The van der Waals surface area contributed by atoms with Crippen molar-refractivity contribution >= 4 is 5.69 Å². The summed E-state index contributed by atoms with van der Waals surface area (Å²) in [7, 11) is 1.65. The average Bonchev–Trinajstić information content (AvgIpc) is 2.39. The number of benzene rings is 1. The smallest absolute Gasteiger partial charge is 0.125 e. The predicted octanol–water partition coefficient (Wildman–Crippen LogP) is 3.58. The van der Waals surface area contributed by atoms with Crippen LogP contribution in [-0.2, 0) is 0 Å². The lowest BCUT2D eigenvalue weighted by Gasteiger charge is -2.35. The lowest BCUT2D eigenvalue weighted by atomic mass is 9.77. The number of rotatable bonds is 3. The second-order valence-corrected chi connectivity index (χ2v) is 5.25. The summed E-state index contributed by atoms with van der Waals surface area (Å²) >= 11 is 0. The third-order valence-corrected chi connectivity index (χ3v) is 3.69. The van der Waals surface area contributed by atoms with Gasteiger partial charge >= 0.3 is 0 Å². The Morgan fingerprint density at radius 2 is 2.11 bits per heavy atom. The summed E-state index contributed by atoms with van der Waals surface area (Å²) in [4.78, 5) is 0. The van der Waals surface area contributed by atoms with E-state index in [1.54, 1.807) is 7.11 Å². The molecule has 3 nitrogen and oxygen atoms in total. The van der Waals surface area contributed by atoms with Crippen LogP contribution in [0.2, 0.25) is 0 Å². The standard InChI is InChI=1S/C15H20N2O/c1-12-4-3-9-15(10-12,11-16)17-13-5-7-14(18-2)8-6-13/h5-8,12,17H,3-4,9-10H2,1-2H3. The van der Waals surface area contributed by atoms with Crippen LogP contribution >= 0.6 is 0 Å². The zero-order chi connectivity index (χ0) is 13.0. The minimum atomic E-state index is -0.397. The van der Waals surface area contributed by atoms with Crippen LogP contribution in [0.5, 0.6) is 5.75 Å². The van der Waals surface area contributed by atoms with Crippen LogP contribution in [0.15, 0.2) is 24.3 Å². The molecule has 0 amide bonds. The lowest BCUT2D eigenvalue weighted by Crippen LogP contribution is -2.41. The normalized spacial score (nSPS) is 27.3. The predicted molar refractivity (Wildman–Crippen MR) is 72.6 cm³/mol. The van der Waals surface area contributed by atoms with Crippen molar-refractivity contribution < 1.29 is 4.74 Å². The van der Waals surface area contributed by atoms with Gasteiger partial charge in [0.1, 0.15) is 11.3 Å². The highest BCUT2D eigenvalue weighted by molar-refractivity contribution is 5.50. The lowest BCUT2D eigenvalue weighted by molar-refractivity contribution is 0.308. The topological polar surface area (TPSA) is 45.0 Å². The van der Waals surface area contributed by atoms with Crippen molar-refractivity contribution in [1.29, 1.82) is 5.26 Å². The third-order valence-electron chi connectivity index (χ3n) is 3.69. The first-order chi connectivity index (χ1) is 8.67. The molecule has 2 atom stereocenters. The summed E-state index contributed by atoms with van der Waals surface area (Å²) in [6.07, 6.45) is 4.21. The van der Waals surface area contributed by atoms with Crippen molar-refractivity contribution in [3.8, 4) is 11.8 Å². The van der Waals surface area contributed by atoms with Gasteiger partial charge in [0, 0.05) is 5.69 Å². The fourth-order valence-electron chi connectivity index (χ4n) is 2.74. The first-order valence-electron chi connectivity index (χ1n) is 6.51. The largest absolute Gasteiger partial charge is 0.497 e. The average molecular weight is 244 g/mol. The molecule has 18 heavy (non-hydrogen) atoms. The van der Waals surface area contributed by atoms with E-state index in [4.69, 9.17) is 4.74 Å². The molecule has 1 aromatic carbocycles. The molecule has 2 unspecified atom stereocenters. The molecule has 3 heteroatoms. The van der Waals surface area contributed by atoms with Crippen molar-refractivity contribution in [2.45, 2.75) is 38.1 Å². The highest BCUT2D eigenvalue weighted by Gasteiger charge is 2.34. The molecule has 0 spiro atoms. The van der Waals surface area contributed by atoms with Gasteiger partial charge in [0.25, 0.3) is 0 Å². The third kappa shape index (κ3) is 2.76. The van der Waals surface area contributed by atoms with E-state index >= 15 is 0 Å². The second kappa shape index (κ2) is 5.30.